The van der Waals surface area contributed by atoms with Gasteiger partial charge in [0.25, 0.3) is 10.1 Å². The maximum absolute atomic E-state index is 10.5. The van der Waals surface area contributed by atoms with Crippen LogP contribution in [0.5, 0.6) is 0 Å². The monoisotopic (exact) mass is 284 g/mol. The fraction of sp³-hybridized carbons (Fsp3) is 0.0909. The van der Waals surface area contributed by atoms with E-state index in [1.54, 1.807) is 12.1 Å². The van der Waals surface area contributed by atoms with Gasteiger partial charge in [-0.2, -0.15) is 13.5 Å². The Morgan fingerprint density at radius 1 is 1.21 bits per heavy atom. The minimum absolute atomic E-state index is 0.0666. The topological polar surface area (TPSA) is 120 Å². The summed E-state index contributed by atoms with van der Waals surface area (Å²) >= 11 is 0. The maximum Gasteiger partial charge on any atom is 0.353 e. The Bertz CT molecular complexity index is 632. The lowest BCUT2D eigenvalue weighted by Crippen LogP contribution is -1.96. The molecule has 0 amide bonds. The fourth-order valence-corrected chi connectivity index (χ4v) is 1.57. The van der Waals surface area contributed by atoms with Gasteiger partial charge >= 0.3 is 5.97 Å². The van der Waals surface area contributed by atoms with Gasteiger partial charge in [0, 0.05) is 6.20 Å². The molecule has 0 saturated heterocycles. The Labute approximate surface area is 109 Å². The fourth-order valence-electron chi connectivity index (χ4n) is 1.09. The zero-order valence-corrected chi connectivity index (χ0v) is 10.8. The van der Waals surface area contributed by atoms with E-state index in [-0.39, 0.29) is 10.6 Å². The molecule has 0 spiro atoms. The molecule has 19 heavy (non-hydrogen) atoms. The molecule has 0 unspecified atom stereocenters. The average molecular weight is 284 g/mol. The summed E-state index contributed by atoms with van der Waals surface area (Å²) in [5.74, 6) is -0.984. The number of carbonyl (C=O) groups is 1. The molecular formula is C11H12N2O5S. The van der Waals surface area contributed by atoms with Gasteiger partial charge < -0.3 is 5.11 Å². The van der Waals surface area contributed by atoms with Crippen molar-refractivity contribution in [3.8, 4) is 0 Å². The first-order valence-electron chi connectivity index (χ1n) is 5.07. The number of benzene rings is 1. The van der Waals surface area contributed by atoms with E-state index in [1.165, 1.54) is 24.4 Å². The number of carboxylic acid groups (broad SMARTS) is 1. The van der Waals surface area contributed by atoms with Gasteiger partial charge in [0.1, 0.15) is 5.69 Å². The molecule has 3 N–H and O–H groups in total. The van der Waals surface area contributed by atoms with Crippen LogP contribution in [-0.4, -0.2) is 34.2 Å². The summed E-state index contributed by atoms with van der Waals surface area (Å²) < 4.78 is 29.6. The van der Waals surface area contributed by atoms with Crippen molar-refractivity contribution in [3.63, 3.8) is 0 Å². The van der Waals surface area contributed by atoms with Gasteiger partial charge in [-0.25, -0.2) is 4.79 Å². The molecule has 0 fully saturated rings. The predicted octanol–water partition coefficient (Wildman–Crippen LogP) is 1.35. The number of nitrogens with one attached hydrogen (secondary N) is 1. The van der Waals surface area contributed by atoms with Gasteiger partial charge in [-0.3, -0.25) is 9.65 Å². The van der Waals surface area contributed by atoms with Crippen LogP contribution in [0, 0.1) is 6.92 Å². The van der Waals surface area contributed by atoms with Crippen molar-refractivity contribution in [1.82, 2.24) is 10.2 Å². The summed E-state index contributed by atoms with van der Waals surface area (Å²) in [6.45, 7) is 1.84. The number of nitrogens with zero attached hydrogens (tertiary/aromatic N) is 1. The Kier molecular flexibility index (Phi) is 4.79. The lowest BCUT2D eigenvalue weighted by Gasteiger charge is -1.95. The van der Waals surface area contributed by atoms with Gasteiger partial charge in [-0.15, -0.1) is 0 Å². The van der Waals surface area contributed by atoms with E-state index >= 15 is 0 Å². The second-order valence-corrected chi connectivity index (χ2v) is 4.99. The van der Waals surface area contributed by atoms with Gasteiger partial charge in [0.15, 0.2) is 0 Å². The van der Waals surface area contributed by atoms with Gasteiger partial charge in [-0.1, -0.05) is 17.7 Å². The van der Waals surface area contributed by atoms with Crippen molar-refractivity contribution in [3.05, 3.63) is 47.8 Å². The first kappa shape index (κ1) is 14.9. The van der Waals surface area contributed by atoms with Crippen LogP contribution in [0.25, 0.3) is 0 Å². The Morgan fingerprint density at radius 3 is 2.11 bits per heavy atom. The van der Waals surface area contributed by atoms with E-state index in [9.17, 15) is 13.2 Å². The van der Waals surface area contributed by atoms with Crippen LogP contribution in [0.3, 0.4) is 0 Å². The van der Waals surface area contributed by atoms with Crippen molar-refractivity contribution in [2.45, 2.75) is 11.8 Å². The quantitative estimate of drug-likeness (QED) is 0.716. The van der Waals surface area contributed by atoms with Crippen LogP contribution in [0.2, 0.25) is 0 Å². The molecule has 0 aliphatic heterocycles. The number of H-pyrrole nitrogens is 1. The highest BCUT2D eigenvalue weighted by atomic mass is 32.2. The highest BCUT2D eigenvalue weighted by Gasteiger charge is 2.06. The number of aromatic amines is 1. The van der Waals surface area contributed by atoms with Crippen LogP contribution in [0.4, 0.5) is 0 Å². The van der Waals surface area contributed by atoms with Crippen molar-refractivity contribution < 1.29 is 22.9 Å². The van der Waals surface area contributed by atoms with Gasteiger partial charge in [0.2, 0.25) is 0 Å². The molecule has 2 aromatic rings. The van der Waals surface area contributed by atoms with E-state index < -0.39 is 16.1 Å². The summed E-state index contributed by atoms with van der Waals surface area (Å²) in [5, 5.41) is 13.9. The van der Waals surface area contributed by atoms with Crippen LogP contribution in [0.1, 0.15) is 16.1 Å². The van der Waals surface area contributed by atoms with Crippen LogP contribution < -0.4 is 0 Å². The summed E-state index contributed by atoms with van der Waals surface area (Å²) in [5.41, 5.74) is 1.07. The molecule has 1 aromatic carbocycles. The summed E-state index contributed by atoms with van der Waals surface area (Å²) in [4.78, 5) is 9.92. The van der Waals surface area contributed by atoms with Crippen LogP contribution in [0.15, 0.2) is 41.4 Å². The van der Waals surface area contributed by atoms with Crippen molar-refractivity contribution in [2.24, 2.45) is 0 Å². The number of hydrogen-bond acceptors (Lipinski definition) is 4. The van der Waals surface area contributed by atoms with E-state index in [2.05, 4.69) is 10.2 Å². The largest absolute Gasteiger partial charge is 0.477 e. The molecule has 8 heteroatoms. The molecule has 0 bridgehead atoms. The maximum atomic E-state index is 10.5. The molecule has 2 rings (SSSR count). The number of rotatable bonds is 2. The second kappa shape index (κ2) is 6.12. The van der Waals surface area contributed by atoms with Crippen LogP contribution in [-0.2, 0) is 10.1 Å². The molecule has 0 atom stereocenters. The van der Waals surface area contributed by atoms with Gasteiger partial charge in [0.05, 0.1) is 4.90 Å². The van der Waals surface area contributed by atoms with Crippen molar-refractivity contribution >= 4 is 16.1 Å². The lowest BCUT2D eigenvalue weighted by molar-refractivity contribution is 0.0690. The minimum atomic E-state index is -4.02. The predicted molar refractivity (Wildman–Crippen MR) is 66.5 cm³/mol. The molecule has 0 aliphatic rings. The smallest absolute Gasteiger partial charge is 0.353 e. The average Bonchev–Trinajstić information content (AvgIpc) is 2.82. The van der Waals surface area contributed by atoms with E-state index in [4.69, 9.17) is 9.66 Å². The normalized spacial score (nSPS) is 10.4. The standard InChI is InChI=1S/C7H8O3S.C4H4N2O2/c1-6-2-4-7(5-3-6)11(8,9)10;7-4(8)3-1-2-5-6-3/h2-5H,1H3,(H,8,9,10);1-2H,(H,5,6)(H,7,8). The lowest BCUT2D eigenvalue weighted by atomic mass is 10.2. The third-order valence-corrected chi connectivity index (χ3v) is 2.92. The third-order valence-electron chi connectivity index (χ3n) is 2.05. The molecular weight excluding hydrogens is 272 g/mol. The molecule has 1 heterocycles. The van der Waals surface area contributed by atoms with Gasteiger partial charge in [-0.05, 0) is 25.1 Å². The second-order valence-electron chi connectivity index (χ2n) is 3.56. The molecule has 0 saturated carbocycles. The number of aromatic carboxylic acids is 1. The Morgan fingerprint density at radius 2 is 1.79 bits per heavy atom. The minimum Gasteiger partial charge on any atom is -0.477 e. The first-order chi connectivity index (χ1) is 8.80. The summed E-state index contributed by atoms with van der Waals surface area (Å²) in [6.07, 6.45) is 1.39. The first-order valence-corrected chi connectivity index (χ1v) is 6.51. The van der Waals surface area contributed by atoms with E-state index in [0.717, 1.165) is 5.56 Å². The SMILES string of the molecule is Cc1ccc(S(=O)(=O)O)cc1.O=C(O)c1ccn[nH]1. The number of aryl methyl sites for hydroxylation is 1. The molecule has 102 valence electrons. The Balaban J connectivity index is 0.000000200. The van der Waals surface area contributed by atoms with Crippen molar-refractivity contribution in [2.75, 3.05) is 0 Å². The highest BCUT2D eigenvalue weighted by Crippen LogP contribution is 2.08. The molecule has 7 nitrogen and oxygen atoms in total. The number of hydrogen-bond donors (Lipinski definition) is 3. The number of aromatic nitrogens is 2. The van der Waals surface area contributed by atoms with Crippen molar-refractivity contribution in [1.29, 1.82) is 0 Å². The third kappa shape index (κ3) is 4.90. The molecule has 0 aliphatic carbocycles. The van der Waals surface area contributed by atoms with E-state index in [0.29, 0.717) is 0 Å². The zero-order chi connectivity index (χ0) is 14.5. The summed E-state index contributed by atoms with van der Waals surface area (Å²) in [6, 6.07) is 7.38. The van der Waals surface area contributed by atoms with E-state index in [1.807, 2.05) is 6.92 Å². The summed E-state index contributed by atoms with van der Waals surface area (Å²) in [7, 11) is -4.02. The molecule has 0 radical (unpaired) electrons. The zero-order valence-electron chi connectivity index (χ0n) is 9.94. The highest BCUT2D eigenvalue weighted by molar-refractivity contribution is 7.85. The number of carboxylic acids is 1. The Hall–Kier alpha value is -2.19. The van der Waals surface area contributed by atoms with Crippen LogP contribution >= 0.6 is 0 Å². The molecule has 1 aromatic heterocycles.